The highest BCUT2D eigenvalue weighted by molar-refractivity contribution is 7.52. The maximum atomic E-state index is 14.0. The van der Waals surface area contributed by atoms with Gasteiger partial charge in [-0.15, -0.1) is 0 Å². The average Bonchev–Trinajstić information content (AvgIpc) is 3.36. The summed E-state index contributed by atoms with van der Waals surface area (Å²) in [7, 11) is -4.05. The summed E-state index contributed by atoms with van der Waals surface area (Å²) in [5, 5.41) is 3.62. The predicted octanol–water partition coefficient (Wildman–Crippen LogP) is 5.79. The van der Waals surface area contributed by atoms with E-state index in [0.717, 1.165) is 29.3 Å². The third-order valence-electron chi connectivity index (χ3n) is 6.40. The third kappa shape index (κ3) is 7.42. The molecule has 0 saturated carbocycles. The summed E-state index contributed by atoms with van der Waals surface area (Å²) >= 11 is 0. The molecule has 0 saturated heterocycles. The Morgan fingerprint density at radius 3 is 2.54 bits per heavy atom. The van der Waals surface area contributed by atoms with Crippen LogP contribution in [-0.4, -0.2) is 46.4 Å². The number of carbonyl (C=O) groups excluding carboxylic acids is 1. The van der Waals surface area contributed by atoms with Crippen molar-refractivity contribution in [1.82, 2.24) is 19.6 Å². The minimum Gasteiger partial charge on any atom is -0.465 e. The van der Waals surface area contributed by atoms with Gasteiger partial charge in [0, 0.05) is 12.0 Å². The first kappa shape index (κ1) is 30.5. The van der Waals surface area contributed by atoms with Crippen LogP contribution in [0.4, 0.5) is 5.82 Å². The Bertz CT molecular complexity index is 1510. The summed E-state index contributed by atoms with van der Waals surface area (Å²) < 4.78 is 38.8. The van der Waals surface area contributed by atoms with Crippen LogP contribution in [0.5, 0.6) is 5.75 Å². The number of nitrogens with two attached hydrogens (primary N) is 1. The Hall–Kier alpha value is -3.50. The molecule has 4 aromatic rings. The number of para-hydroxylation sites is 2. The lowest BCUT2D eigenvalue weighted by Crippen LogP contribution is -2.35. The van der Waals surface area contributed by atoms with Gasteiger partial charge in [0.05, 0.1) is 30.3 Å². The van der Waals surface area contributed by atoms with Gasteiger partial charge in [0.2, 0.25) is 0 Å². The number of hydrogen-bond donors (Lipinski definition) is 2. The number of ether oxygens (including phenoxy) is 2. The van der Waals surface area contributed by atoms with E-state index in [1.165, 1.54) is 0 Å². The van der Waals surface area contributed by atoms with Crippen molar-refractivity contribution in [3.8, 4) is 5.75 Å². The summed E-state index contributed by atoms with van der Waals surface area (Å²) in [6.45, 7) is 8.36. The Labute approximate surface area is 239 Å². The van der Waals surface area contributed by atoms with Crippen LogP contribution in [0, 0.1) is 0 Å². The molecule has 0 radical (unpaired) electrons. The summed E-state index contributed by atoms with van der Waals surface area (Å²) in [4.78, 5) is 21.8. The van der Waals surface area contributed by atoms with Crippen molar-refractivity contribution in [2.45, 2.75) is 59.2 Å². The van der Waals surface area contributed by atoms with Gasteiger partial charge in [-0.3, -0.25) is 9.32 Å². The average molecular weight is 584 g/mol. The van der Waals surface area contributed by atoms with Gasteiger partial charge in [-0.25, -0.2) is 14.5 Å². The zero-order valence-electron chi connectivity index (χ0n) is 23.9. The molecule has 3 atom stereocenters. The van der Waals surface area contributed by atoms with Gasteiger partial charge in [0.15, 0.2) is 5.82 Å². The number of hydrogen-bond acceptors (Lipinski definition) is 9. The minimum absolute atomic E-state index is 0.0458. The molecule has 4 rings (SSSR count). The summed E-state index contributed by atoms with van der Waals surface area (Å²) in [5.74, 6) is 0.722. The molecule has 11 nitrogen and oxygen atoms in total. The number of esters is 1. The first-order valence-corrected chi connectivity index (χ1v) is 15.4. The third-order valence-corrected chi connectivity index (χ3v) is 8.05. The van der Waals surface area contributed by atoms with Gasteiger partial charge in [0.25, 0.3) is 0 Å². The molecule has 0 bridgehead atoms. The van der Waals surface area contributed by atoms with Crippen LogP contribution in [0.15, 0.2) is 54.6 Å². The molecule has 41 heavy (non-hydrogen) atoms. The zero-order chi connectivity index (χ0) is 29.4. The Morgan fingerprint density at radius 1 is 1.07 bits per heavy atom. The van der Waals surface area contributed by atoms with Crippen molar-refractivity contribution >= 4 is 41.5 Å². The van der Waals surface area contributed by atoms with Gasteiger partial charge in [-0.1, -0.05) is 49.7 Å². The topological polar surface area (TPSA) is 140 Å². The van der Waals surface area contributed by atoms with Crippen LogP contribution >= 0.6 is 7.75 Å². The molecule has 2 heterocycles. The van der Waals surface area contributed by atoms with Crippen molar-refractivity contribution < 1.29 is 27.9 Å². The fourth-order valence-corrected chi connectivity index (χ4v) is 5.93. The number of rotatable bonds is 15. The molecule has 0 fully saturated rings. The van der Waals surface area contributed by atoms with Crippen LogP contribution < -0.4 is 15.3 Å². The normalized spacial score (nSPS) is 14.5. The number of imidazole rings is 1. The van der Waals surface area contributed by atoms with E-state index in [4.69, 9.17) is 29.2 Å². The van der Waals surface area contributed by atoms with E-state index in [-0.39, 0.29) is 25.9 Å². The lowest BCUT2D eigenvalue weighted by molar-refractivity contribution is -0.145. The number of unbranched alkanes of at least 4 members (excludes halogenated alkanes) is 1. The largest absolute Gasteiger partial charge is 0.465 e. The number of fused-ring (bicyclic) bond motifs is 3. The Balaban J connectivity index is 1.65. The fourth-order valence-electron chi connectivity index (χ4n) is 4.36. The van der Waals surface area contributed by atoms with Gasteiger partial charge in [-0.05, 0) is 45.4 Å². The predicted molar refractivity (Wildman–Crippen MR) is 159 cm³/mol. The SMILES string of the molecule is CCCCOC(=O)[C@H](C)NP(=O)(OC[C@@H](C)n1c(COCC)nc2c(N)nc3ccccc3c21)Oc1ccccc1. The standard InChI is InChI=1S/C29H38N5O6P/c1-5-7-17-38-29(35)21(4)33-41(36,40-22-13-9-8-10-14-22)39-18-20(3)34-25(19-37-6-2)32-26-27(34)23-15-11-12-16-24(23)31-28(26)30/h8-16,20-21H,5-7,17-19H2,1-4H3,(H2,30,31)(H,33,36)/t20-,21+,41?/m1/s1. The number of aromatic nitrogens is 3. The smallest absolute Gasteiger partial charge is 0.459 e. The first-order valence-electron chi connectivity index (χ1n) is 13.8. The molecular formula is C29H38N5O6P. The van der Waals surface area contributed by atoms with Crippen molar-refractivity contribution in [2.75, 3.05) is 25.6 Å². The molecule has 2 aromatic carbocycles. The highest BCUT2D eigenvalue weighted by Crippen LogP contribution is 2.46. The lowest BCUT2D eigenvalue weighted by Gasteiger charge is -2.25. The van der Waals surface area contributed by atoms with E-state index in [1.807, 2.05) is 55.7 Å². The number of benzene rings is 2. The zero-order valence-corrected chi connectivity index (χ0v) is 24.8. The van der Waals surface area contributed by atoms with Gasteiger partial charge in [0.1, 0.15) is 29.7 Å². The number of nitrogen functional groups attached to an aromatic ring is 1. The Morgan fingerprint density at radius 2 is 1.80 bits per heavy atom. The van der Waals surface area contributed by atoms with E-state index in [1.54, 1.807) is 31.2 Å². The number of pyridine rings is 1. The first-order chi connectivity index (χ1) is 19.8. The molecule has 0 amide bonds. The summed E-state index contributed by atoms with van der Waals surface area (Å²) in [5.41, 5.74) is 8.37. The van der Waals surface area contributed by atoms with E-state index >= 15 is 0 Å². The molecule has 1 unspecified atom stereocenters. The van der Waals surface area contributed by atoms with Crippen LogP contribution in [0.1, 0.15) is 52.4 Å². The van der Waals surface area contributed by atoms with Crippen LogP contribution in [0.2, 0.25) is 0 Å². The van der Waals surface area contributed by atoms with Crippen molar-refractivity contribution in [2.24, 2.45) is 0 Å². The second-order valence-corrected chi connectivity index (χ2v) is 11.4. The molecule has 12 heteroatoms. The molecule has 0 aliphatic carbocycles. The molecule has 0 spiro atoms. The number of carbonyl (C=O) groups is 1. The summed E-state index contributed by atoms with van der Waals surface area (Å²) in [6.07, 6.45) is 1.62. The quantitative estimate of drug-likeness (QED) is 0.100. The van der Waals surface area contributed by atoms with Gasteiger partial charge in [-0.2, -0.15) is 5.09 Å². The van der Waals surface area contributed by atoms with Gasteiger partial charge < -0.3 is 24.3 Å². The molecule has 0 aliphatic rings. The van der Waals surface area contributed by atoms with Crippen LogP contribution in [0.25, 0.3) is 21.9 Å². The van der Waals surface area contributed by atoms with Gasteiger partial charge >= 0.3 is 13.7 Å². The molecule has 220 valence electrons. The number of anilines is 1. The van der Waals surface area contributed by atoms with E-state index < -0.39 is 19.8 Å². The molecular weight excluding hydrogens is 545 g/mol. The second kappa shape index (κ2) is 13.9. The highest BCUT2D eigenvalue weighted by atomic mass is 31.2. The Kier molecular flexibility index (Phi) is 10.3. The fraction of sp³-hybridized carbons (Fsp3) is 0.414. The monoisotopic (exact) mass is 583 g/mol. The van der Waals surface area contributed by atoms with Crippen molar-refractivity contribution in [1.29, 1.82) is 0 Å². The second-order valence-electron chi connectivity index (χ2n) is 9.67. The highest BCUT2D eigenvalue weighted by Gasteiger charge is 2.33. The van der Waals surface area contributed by atoms with E-state index in [0.29, 0.717) is 29.5 Å². The summed E-state index contributed by atoms with van der Waals surface area (Å²) in [6, 6.07) is 15.0. The molecule has 3 N–H and O–H groups in total. The number of nitrogens with zero attached hydrogens (tertiary/aromatic N) is 3. The molecule has 2 aromatic heterocycles. The van der Waals surface area contributed by atoms with Crippen molar-refractivity contribution in [3.63, 3.8) is 0 Å². The lowest BCUT2D eigenvalue weighted by atomic mass is 10.1. The van der Waals surface area contributed by atoms with Crippen LogP contribution in [0.3, 0.4) is 0 Å². The minimum atomic E-state index is -4.05. The number of nitrogens with one attached hydrogen (secondary N) is 1. The maximum Gasteiger partial charge on any atom is 0.459 e. The van der Waals surface area contributed by atoms with E-state index in [9.17, 15) is 9.36 Å². The van der Waals surface area contributed by atoms with Crippen LogP contribution in [-0.2, 0) is 30.0 Å². The molecule has 0 aliphatic heterocycles. The van der Waals surface area contributed by atoms with E-state index in [2.05, 4.69) is 10.1 Å². The van der Waals surface area contributed by atoms with Crippen molar-refractivity contribution in [3.05, 3.63) is 60.4 Å². The maximum absolute atomic E-state index is 14.0.